The second kappa shape index (κ2) is 5.15. The second-order valence-corrected chi connectivity index (χ2v) is 6.77. The minimum absolute atomic E-state index is 0.124. The first kappa shape index (κ1) is 14.4. The lowest BCUT2D eigenvalue weighted by atomic mass is 9.96. The van der Waals surface area contributed by atoms with Gasteiger partial charge in [-0.15, -0.1) is 0 Å². The summed E-state index contributed by atoms with van der Waals surface area (Å²) in [7, 11) is -4.03. The van der Waals surface area contributed by atoms with Crippen molar-refractivity contribution in [1.29, 1.82) is 0 Å². The third-order valence-electron chi connectivity index (χ3n) is 3.49. The van der Waals surface area contributed by atoms with E-state index in [-0.39, 0.29) is 25.0 Å². The quantitative estimate of drug-likeness (QED) is 0.893. The van der Waals surface area contributed by atoms with Gasteiger partial charge in [-0.1, -0.05) is 6.92 Å². The summed E-state index contributed by atoms with van der Waals surface area (Å²) in [6.45, 7) is 2.34. The third kappa shape index (κ3) is 2.77. The van der Waals surface area contributed by atoms with Crippen molar-refractivity contribution in [3.63, 3.8) is 0 Å². The molecule has 0 aliphatic carbocycles. The number of halogens is 2. The zero-order valence-electron chi connectivity index (χ0n) is 10.5. The van der Waals surface area contributed by atoms with Gasteiger partial charge in [0.15, 0.2) is 0 Å². The minimum Gasteiger partial charge on any atom is -0.326 e. The van der Waals surface area contributed by atoms with Crippen LogP contribution in [0, 0.1) is 17.6 Å². The van der Waals surface area contributed by atoms with Gasteiger partial charge < -0.3 is 5.73 Å². The Morgan fingerprint density at radius 1 is 1.37 bits per heavy atom. The highest BCUT2D eigenvalue weighted by atomic mass is 32.2. The van der Waals surface area contributed by atoms with Gasteiger partial charge in [0.2, 0.25) is 10.0 Å². The standard InChI is InChI=1S/C12H16F2N2O2S/c1-8-4-5-16(7-11(8)15)19(17,18)12-6-9(13)2-3-10(12)14/h2-3,6,8,11H,4-5,7,15H2,1H3. The molecule has 106 valence electrons. The fourth-order valence-electron chi connectivity index (χ4n) is 2.10. The van der Waals surface area contributed by atoms with E-state index in [0.717, 1.165) is 16.4 Å². The third-order valence-corrected chi connectivity index (χ3v) is 5.37. The molecular weight excluding hydrogens is 274 g/mol. The Bertz CT molecular complexity index is 577. The van der Waals surface area contributed by atoms with Crippen LogP contribution in [0.2, 0.25) is 0 Å². The molecule has 0 saturated carbocycles. The van der Waals surface area contributed by atoms with Crippen LogP contribution in [0.5, 0.6) is 0 Å². The van der Waals surface area contributed by atoms with Crippen LogP contribution >= 0.6 is 0 Å². The predicted octanol–water partition coefficient (Wildman–Crippen LogP) is 1.32. The van der Waals surface area contributed by atoms with Gasteiger partial charge in [0.05, 0.1) is 0 Å². The zero-order chi connectivity index (χ0) is 14.2. The molecule has 0 radical (unpaired) electrons. The van der Waals surface area contributed by atoms with E-state index < -0.39 is 26.6 Å². The lowest BCUT2D eigenvalue weighted by Crippen LogP contribution is -2.49. The summed E-state index contributed by atoms with van der Waals surface area (Å²) >= 11 is 0. The largest absolute Gasteiger partial charge is 0.326 e. The second-order valence-electron chi connectivity index (χ2n) is 4.87. The molecule has 2 N–H and O–H groups in total. The van der Waals surface area contributed by atoms with Gasteiger partial charge in [0.25, 0.3) is 0 Å². The Morgan fingerprint density at radius 3 is 2.68 bits per heavy atom. The van der Waals surface area contributed by atoms with Crippen molar-refractivity contribution >= 4 is 10.0 Å². The highest BCUT2D eigenvalue weighted by molar-refractivity contribution is 7.89. The average Bonchev–Trinajstić information content (AvgIpc) is 2.35. The van der Waals surface area contributed by atoms with Gasteiger partial charge >= 0.3 is 0 Å². The van der Waals surface area contributed by atoms with E-state index in [1.807, 2.05) is 6.92 Å². The lowest BCUT2D eigenvalue weighted by molar-refractivity contribution is 0.252. The molecule has 1 aromatic rings. The van der Waals surface area contributed by atoms with E-state index in [4.69, 9.17) is 5.73 Å². The van der Waals surface area contributed by atoms with Crippen molar-refractivity contribution in [1.82, 2.24) is 4.31 Å². The molecule has 0 bridgehead atoms. The maximum atomic E-state index is 13.6. The van der Waals surface area contributed by atoms with E-state index in [1.165, 1.54) is 0 Å². The van der Waals surface area contributed by atoms with Crippen molar-refractivity contribution in [2.75, 3.05) is 13.1 Å². The fourth-order valence-corrected chi connectivity index (χ4v) is 3.67. The maximum absolute atomic E-state index is 13.6. The van der Waals surface area contributed by atoms with Crippen LogP contribution in [0.15, 0.2) is 23.1 Å². The Balaban J connectivity index is 2.35. The van der Waals surface area contributed by atoms with E-state index in [0.29, 0.717) is 12.5 Å². The number of benzene rings is 1. The molecule has 7 heteroatoms. The summed E-state index contributed by atoms with van der Waals surface area (Å²) in [6.07, 6.45) is 0.608. The topological polar surface area (TPSA) is 63.4 Å². The first-order chi connectivity index (χ1) is 8.82. The van der Waals surface area contributed by atoms with Crippen LogP contribution in [0.1, 0.15) is 13.3 Å². The van der Waals surface area contributed by atoms with Crippen LogP contribution in [-0.2, 0) is 10.0 Å². The van der Waals surface area contributed by atoms with Crippen molar-refractivity contribution in [3.05, 3.63) is 29.8 Å². The summed E-state index contributed by atoms with van der Waals surface area (Å²) in [5.41, 5.74) is 5.84. The van der Waals surface area contributed by atoms with Gasteiger partial charge in [-0.25, -0.2) is 17.2 Å². The molecule has 1 aromatic carbocycles. The molecule has 1 heterocycles. The van der Waals surface area contributed by atoms with Gasteiger partial charge in [-0.05, 0) is 30.5 Å². The van der Waals surface area contributed by atoms with Gasteiger partial charge in [0.1, 0.15) is 16.5 Å². The molecule has 1 aliphatic heterocycles. The smallest absolute Gasteiger partial charge is 0.246 e. The minimum atomic E-state index is -4.03. The molecule has 19 heavy (non-hydrogen) atoms. The number of hydrogen-bond donors (Lipinski definition) is 1. The van der Waals surface area contributed by atoms with E-state index >= 15 is 0 Å². The zero-order valence-corrected chi connectivity index (χ0v) is 11.3. The summed E-state index contributed by atoms with van der Waals surface area (Å²) in [5, 5.41) is 0. The van der Waals surface area contributed by atoms with Crippen LogP contribution in [0.3, 0.4) is 0 Å². The fraction of sp³-hybridized carbons (Fsp3) is 0.500. The Hall–Kier alpha value is -1.05. The van der Waals surface area contributed by atoms with Crippen molar-refractivity contribution in [2.24, 2.45) is 11.7 Å². The number of nitrogens with two attached hydrogens (primary N) is 1. The Labute approximate surface area is 111 Å². The number of hydrogen-bond acceptors (Lipinski definition) is 3. The van der Waals surface area contributed by atoms with Crippen LogP contribution in [0.25, 0.3) is 0 Å². The van der Waals surface area contributed by atoms with Crippen LogP contribution in [-0.4, -0.2) is 31.9 Å². The number of piperidine rings is 1. The van der Waals surface area contributed by atoms with Crippen molar-refractivity contribution in [3.8, 4) is 0 Å². The van der Waals surface area contributed by atoms with Crippen molar-refractivity contribution in [2.45, 2.75) is 24.3 Å². The molecule has 2 atom stereocenters. The van der Waals surface area contributed by atoms with E-state index in [1.54, 1.807) is 0 Å². The first-order valence-electron chi connectivity index (χ1n) is 6.03. The Morgan fingerprint density at radius 2 is 2.05 bits per heavy atom. The van der Waals surface area contributed by atoms with Crippen LogP contribution < -0.4 is 5.73 Å². The Kier molecular flexibility index (Phi) is 3.89. The predicted molar refractivity (Wildman–Crippen MR) is 66.9 cm³/mol. The van der Waals surface area contributed by atoms with Crippen LogP contribution in [0.4, 0.5) is 8.78 Å². The number of sulfonamides is 1. The average molecular weight is 290 g/mol. The summed E-state index contributed by atoms with van der Waals surface area (Å²) in [5.74, 6) is -1.52. The molecule has 4 nitrogen and oxygen atoms in total. The molecule has 1 fully saturated rings. The van der Waals surface area contributed by atoms with E-state index in [9.17, 15) is 17.2 Å². The van der Waals surface area contributed by atoms with Gasteiger partial charge in [-0.2, -0.15) is 4.31 Å². The lowest BCUT2D eigenvalue weighted by Gasteiger charge is -2.34. The van der Waals surface area contributed by atoms with Crippen molar-refractivity contribution < 1.29 is 17.2 Å². The first-order valence-corrected chi connectivity index (χ1v) is 7.47. The number of nitrogens with zero attached hydrogens (tertiary/aromatic N) is 1. The van der Waals surface area contributed by atoms with Gasteiger partial charge in [0, 0.05) is 19.1 Å². The molecule has 2 unspecified atom stereocenters. The maximum Gasteiger partial charge on any atom is 0.246 e. The monoisotopic (exact) mass is 290 g/mol. The molecule has 0 aromatic heterocycles. The molecule has 0 amide bonds. The summed E-state index contributed by atoms with van der Waals surface area (Å²) in [6, 6.07) is 2.11. The molecule has 1 aliphatic rings. The SMILES string of the molecule is CC1CCN(S(=O)(=O)c2cc(F)ccc2F)CC1N. The molecule has 1 saturated heterocycles. The molecular formula is C12H16F2N2O2S. The molecule has 0 spiro atoms. The van der Waals surface area contributed by atoms with Gasteiger partial charge in [-0.3, -0.25) is 0 Å². The highest BCUT2D eigenvalue weighted by Gasteiger charge is 2.33. The van der Waals surface area contributed by atoms with E-state index in [2.05, 4.69) is 0 Å². The summed E-state index contributed by atoms with van der Waals surface area (Å²) < 4.78 is 52.4. The number of rotatable bonds is 2. The molecule has 2 rings (SSSR count). The summed E-state index contributed by atoms with van der Waals surface area (Å²) in [4.78, 5) is -0.630. The normalized spacial score (nSPS) is 25.5. The highest BCUT2D eigenvalue weighted by Crippen LogP contribution is 2.25.